The number of nitrogens with zero attached hydrogens (tertiary/aromatic N) is 1. The fourth-order valence-corrected chi connectivity index (χ4v) is 2.94. The molecule has 3 rings (SSSR count). The van der Waals surface area contributed by atoms with Crippen LogP contribution in [0.15, 0.2) is 24.3 Å². The van der Waals surface area contributed by atoms with Gasteiger partial charge >= 0.3 is 0 Å². The monoisotopic (exact) mass is 306 g/mol. The van der Waals surface area contributed by atoms with Gasteiger partial charge in [-0.1, -0.05) is 0 Å². The zero-order valence-electron chi connectivity index (χ0n) is 12.3. The molecule has 0 saturated carbocycles. The van der Waals surface area contributed by atoms with Crippen molar-refractivity contribution in [1.29, 1.82) is 0 Å². The lowest BCUT2D eigenvalue weighted by atomic mass is 10.1. The summed E-state index contributed by atoms with van der Waals surface area (Å²) in [7, 11) is 0. The van der Waals surface area contributed by atoms with E-state index in [0.717, 1.165) is 19.4 Å². The molecule has 2 fully saturated rings. The predicted octanol–water partition coefficient (Wildman–Crippen LogP) is 1.79. The van der Waals surface area contributed by atoms with Crippen molar-refractivity contribution in [2.75, 3.05) is 25.0 Å². The van der Waals surface area contributed by atoms with Crippen molar-refractivity contribution in [2.24, 2.45) is 5.92 Å². The lowest BCUT2D eigenvalue weighted by Crippen LogP contribution is -2.34. The largest absolute Gasteiger partial charge is 0.376 e. The molecule has 0 spiro atoms. The highest BCUT2D eigenvalue weighted by molar-refractivity contribution is 5.97. The summed E-state index contributed by atoms with van der Waals surface area (Å²) in [6.07, 6.45) is 2.32. The maximum Gasteiger partial charge on any atom is 0.229 e. The number of carbonyl (C=O) groups excluding carboxylic acids is 2. The third-order valence-electron chi connectivity index (χ3n) is 4.15. The van der Waals surface area contributed by atoms with Gasteiger partial charge in [-0.05, 0) is 37.1 Å². The molecule has 1 aromatic carbocycles. The minimum absolute atomic E-state index is 0.00486. The fraction of sp³-hybridized carbons (Fsp3) is 0.500. The third kappa shape index (κ3) is 3.44. The molecule has 118 valence electrons. The van der Waals surface area contributed by atoms with E-state index in [9.17, 15) is 14.0 Å². The van der Waals surface area contributed by atoms with Gasteiger partial charge in [0.2, 0.25) is 11.8 Å². The Bertz CT molecular complexity index is 555. The Morgan fingerprint density at radius 2 is 2.14 bits per heavy atom. The van der Waals surface area contributed by atoms with Crippen LogP contribution in [0.5, 0.6) is 0 Å². The second-order valence-electron chi connectivity index (χ2n) is 5.83. The van der Waals surface area contributed by atoms with E-state index >= 15 is 0 Å². The van der Waals surface area contributed by atoms with E-state index in [1.165, 1.54) is 24.3 Å². The second kappa shape index (κ2) is 6.44. The number of hydrogen-bond acceptors (Lipinski definition) is 3. The van der Waals surface area contributed by atoms with Gasteiger partial charge in [0.05, 0.1) is 12.0 Å². The van der Waals surface area contributed by atoms with E-state index in [0.29, 0.717) is 18.8 Å². The van der Waals surface area contributed by atoms with Crippen molar-refractivity contribution in [3.63, 3.8) is 0 Å². The van der Waals surface area contributed by atoms with E-state index in [1.807, 2.05) is 0 Å². The van der Waals surface area contributed by atoms with Gasteiger partial charge in [0.1, 0.15) is 5.82 Å². The molecule has 0 radical (unpaired) electrons. The number of halogens is 1. The maximum absolute atomic E-state index is 12.8. The summed E-state index contributed by atoms with van der Waals surface area (Å²) in [6.45, 7) is 1.74. The summed E-state index contributed by atoms with van der Waals surface area (Å²) in [4.78, 5) is 25.9. The Kier molecular flexibility index (Phi) is 4.38. The van der Waals surface area contributed by atoms with Gasteiger partial charge in [-0.15, -0.1) is 0 Å². The molecule has 1 N–H and O–H groups in total. The van der Waals surface area contributed by atoms with E-state index in [-0.39, 0.29) is 36.1 Å². The highest BCUT2D eigenvalue weighted by Crippen LogP contribution is 2.22. The van der Waals surface area contributed by atoms with Gasteiger partial charge < -0.3 is 15.0 Å². The molecule has 2 aliphatic rings. The lowest BCUT2D eigenvalue weighted by Gasteiger charge is -2.20. The van der Waals surface area contributed by atoms with Crippen LogP contribution in [-0.4, -0.2) is 42.5 Å². The van der Waals surface area contributed by atoms with Crippen LogP contribution in [0.2, 0.25) is 0 Å². The SMILES string of the molecule is O=C(Nc1ccc(F)cc1)C1CC(=O)N(CC2CCCO2)C1. The average Bonchev–Trinajstić information content (AvgIpc) is 3.13. The van der Waals surface area contributed by atoms with Crippen molar-refractivity contribution in [3.05, 3.63) is 30.1 Å². The van der Waals surface area contributed by atoms with Gasteiger partial charge in [0, 0.05) is 31.8 Å². The molecule has 2 amide bonds. The van der Waals surface area contributed by atoms with Crippen molar-refractivity contribution in [3.8, 4) is 0 Å². The molecule has 5 nitrogen and oxygen atoms in total. The molecule has 0 aromatic heterocycles. The summed E-state index contributed by atoms with van der Waals surface area (Å²) >= 11 is 0. The fourth-order valence-electron chi connectivity index (χ4n) is 2.94. The first kappa shape index (κ1) is 15.0. The summed E-state index contributed by atoms with van der Waals surface area (Å²) < 4.78 is 18.4. The molecular formula is C16H19FN2O3. The van der Waals surface area contributed by atoms with E-state index in [4.69, 9.17) is 4.74 Å². The van der Waals surface area contributed by atoms with Crippen molar-refractivity contribution in [2.45, 2.75) is 25.4 Å². The molecule has 2 aliphatic heterocycles. The van der Waals surface area contributed by atoms with Crippen molar-refractivity contribution < 1.29 is 18.7 Å². The molecule has 6 heteroatoms. The molecule has 0 bridgehead atoms. The summed E-state index contributed by atoms with van der Waals surface area (Å²) in [5, 5.41) is 2.73. The topological polar surface area (TPSA) is 58.6 Å². The molecular weight excluding hydrogens is 287 g/mol. The molecule has 22 heavy (non-hydrogen) atoms. The molecule has 2 unspecified atom stereocenters. The number of carbonyl (C=O) groups is 2. The first-order valence-electron chi connectivity index (χ1n) is 7.57. The normalized spacial score (nSPS) is 24.8. The lowest BCUT2D eigenvalue weighted by molar-refractivity contribution is -0.129. The summed E-state index contributed by atoms with van der Waals surface area (Å²) in [5.41, 5.74) is 0.538. The van der Waals surface area contributed by atoms with Crippen LogP contribution in [0.4, 0.5) is 10.1 Å². The highest BCUT2D eigenvalue weighted by Gasteiger charge is 2.35. The molecule has 1 aromatic rings. The Morgan fingerprint density at radius 3 is 2.82 bits per heavy atom. The van der Waals surface area contributed by atoms with Crippen LogP contribution in [0.25, 0.3) is 0 Å². The van der Waals surface area contributed by atoms with Gasteiger partial charge in [-0.25, -0.2) is 4.39 Å². The van der Waals surface area contributed by atoms with Crippen molar-refractivity contribution in [1.82, 2.24) is 4.90 Å². The number of benzene rings is 1. The summed E-state index contributed by atoms with van der Waals surface area (Å²) in [6, 6.07) is 5.60. The average molecular weight is 306 g/mol. The van der Waals surface area contributed by atoms with Gasteiger partial charge in [0.15, 0.2) is 0 Å². The van der Waals surface area contributed by atoms with Gasteiger partial charge in [0.25, 0.3) is 0 Å². The Balaban J connectivity index is 1.55. The zero-order chi connectivity index (χ0) is 15.5. The maximum atomic E-state index is 12.8. The first-order valence-corrected chi connectivity index (χ1v) is 7.57. The third-order valence-corrected chi connectivity index (χ3v) is 4.15. The van der Waals surface area contributed by atoms with Crippen LogP contribution < -0.4 is 5.32 Å². The zero-order valence-corrected chi connectivity index (χ0v) is 12.3. The standard InChI is InChI=1S/C16H19FN2O3/c17-12-3-5-13(6-4-12)18-16(21)11-8-15(20)19(9-11)10-14-2-1-7-22-14/h3-6,11,14H,1-2,7-10H2,(H,18,21). The number of ether oxygens (including phenoxy) is 1. The Hall–Kier alpha value is -1.95. The van der Waals surface area contributed by atoms with E-state index in [2.05, 4.69) is 5.32 Å². The first-order chi connectivity index (χ1) is 10.6. The number of anilines is 1. The minimum atomic E-state index is -0.362. The number of hydrogen-bond donors (Lipinski definition) is 1. The van der Waals surface area contributed by atoms with Crippen LogP contribution >= 0.6 is 0 Å². The van der Waals surface area contributed by atoms with Crippen LogP contribution in [0.3, 0.4) is 0 Å². The molecule has 2 saturated heterocycles. The van der Waals surface area contributed by atoms with E-state index < -0.39 is 0 Å². The predicted molar refractivity (Wildman–Crippen MR) is 78.7 cm³/mol. The van der Waals surface area contributed by atoms with Gasteiger partial charge in [-0.3, -0.25) is 9.59 Å². The smallest absolute Gasteiger partial charge is 0.229 e. The van der Waals surface area contributed by atoms with Crippen molar-refractivity contribution >= 4 is 17.5 Å². The van der Waals surface area contributed by atoms with Crippen LogP contribution in [0.1, 0.15) is 19.3 Å². The molecule has 2 heterocycles. The Labute approximate surface area is 128 Å². The number of likely N-dealkylation sites (tertiary alicyclic amines) is 1. The molecule has 2 atom stereocenters. The van der Waals surface area contributed by atoms with Crippen LogP contribution in [-0.2, 0) is 14.3 Å². The molecule has 0 aliphatic carbocycles. The Morgan fingerprint density at radius 1 is 1.36 bits per heavy atom. The second-order valence-corrected chi connectivity index (χ2v) is 5.83. The van der Waals surface area contributed by atoms with E-state index in [1.54, 1.807) is 4.90 Å². The summed E-state index contributed by atoms with van der Waals surface area (Å²) in [5.74, 6) is -0.916. The number of rotatable bonds is 4. The number of nitrogens with one attached hydrogen (secondary N) is 1. The quantitative estimate of drug-likeness (QED) is 0.922. The van der Waals surface area contributed by atoms with Crippen LogP contribution in [0, 0.1) is 11.7 Å². The number of amides is 2. The minimum Gasteiger partial charge on any atom is -0.376 e. The van der Waals surface area contributed by atoms with Gasteiger partial charge in [-0.2, -0.15) is 0 Å². The highest BCUT2D eigenvalue weighted by atomic mass is 19.1.